The molecule has 0 aliphatic heterocycles. The number of imidazole rings is 5. The first kappa shape index (κ1) is 96.2. The molecule has 144 heavy (non-hydrogen) atoms. The Kier molecular flexibility index (Phi) is 27.5. The van der Waals surface area contributed by atoms with Gasteiger partial charge in [0, 0.05) is 168 Å². The normalized spacial score (nSPS) is 11.2. The number of benzene rings is 6. The maximum absolute atomic E-state index is 12.6. The lowest BCUT2D eigenvalue weighted by Crippen LogP contribution is -2.09. The molecule has 0 radical (unpaired) electrons. The lowest BCUT2D eigenvalue weighted by molar-refractivity contribution is 0.271. The van der Waals surface area contributed by atoms with E-state index in [2.05, 4.69) is 182 Å². The van der Waals surface area contributed by atoms with Gasteiger partial charge in [-0.1, -0.05) is 170 Å². The Bertz CT molecular complexity index is 9150. The number of aromatic amines is 6. The van der Waals surface area contributed by atoms with Crippen LogP contribution in [0.2, 0.25) is 0 Å². The van der Waals surface area contributed by atoms with Crippen molar-refractivity contribution in [2.45, 2.75) is 62.3 Å². The number of fused-ring (bicyclic) bond motifs is 6. The summed E-state index contributed by atoms with van der Waals surface area (Å²) >= 11 is 8.61. The molecule has 0 aliphatic carbocycles. The number of nitrogens with zero attached hydrogens (tertiary/aromatic N) is 18. The highest BCUT2D eigenvalue weighted by atomic mass is 32.1. The first-order valence-corrected chi connectivity index (χ1v) is 50.6. The quantitative estimate of drug-likeness (QED) is 0.0555. The van der Waals surface area contributed by atoms with Crippen molar-refractivity contribution in [3.63, 3.8) is 0 Å². The second-order valence-corrected chi connectivity index (χ2v) is 40.6. The van der Waals surface area contributed by atoms with Crippen LogP contribution in [-0.4, -0.2) is 124 Å². The van der Waals surface area contributed by atoms with Crippen LogP contribution < -0.4 is 38.1 Å². The number of hydrogen-bond acceptors (Lipinski definition) is 26. The van der Waals surface area contributed by atoms with E-state index in [4.69, 9.17) is 19.7 Å². The molecule has 0 saturated carbocycles. The minimum atomic E-state index is -0.147. The van der Waals surface area contributed by atoms with E-state index in [9.17, 15) is 28.8 Å². The van der Waals surface area contributed by atoms with Crippen LogP contribution in [0.1, 0.15) is 51.4 Å². The first-order valence-electron chi connectivity index (χ1n) is 45.5. The summed E-state index contributed by atoms with van der Waals surface area (Å²) < 4.78 is 18.8. The number of nitrogens with one attached hydrogen (secondary N) is 6. The fraction of sp³-hybridized carbons (Fsp3) is 0.150. The molecule has 24 aromatic rings. The molecule has 24 rings (SSSR count). The van der Waals surface area contributed by atoms with Gasteiger partial charge in [0.05, 0.1) is 39.7 Å². The third-order valence-corrected chi connectivity index (χ3v) is 29.7. The van der Waals surface area contributed by atoms with Crippen molar-refractivity contribution in [1.82, 2.24) is 118 Å². The fourth-order valence-corrected chi connectivity index (χ4v) is 22.2. The monoisotopic (exact) mass is 2020 g/mol. The van der Waals surface area contributed by atoms with Crippen molar-refractivity contribution < 1.29 is 4.74 Å². The van der Waals surface area contributed by atoms with E-state index in [1.165, 1.54) is 102 Å². The molecule has 0 bridgehead atoms. The van der Waals surface area contributed by atoms with E-state index >= 15 is 0 Å². The number of aryl methyl sites for hydroxylation is 12. The second-order valence-electron chi connectivity index (χ2n) is 34.6. The topological polar surface area (TPSA) is 399 Å². The number of hydrogen-bond donors (Lipinski definition) is 6. The van der Waals surface area contributed by atoms with E-state index in [0.717, 1.165) is 104 Å². The van der Waals surface area contributed by atoms with Gasteiger partial charge in [-0.15, -0.1) is 68.0 Å². The summed E-state index contributed by atoms with van der Waals surface area (Å²) in [5, 5.41) is 7.93. The fourth-order valence-electron chi connectivity index (χ4n) is 16.5. The number of H-pyrrole nitrogens is 6. The molecule has 0 spiro atoms. The Morgan fingerprint density at radius 1 is 0.312 bits per heavy atom. The lowest BCUT2D eigenvalue weighted by atomic mass is 10.0. The van der Waals surface area contributed by atoms with Crippen LogP contribution in [0.15, 0.2) is 276 Å². The Balaban J connectivity index is 0.000000109. The van der Waals surface area contributed by atoms with Crippen LogP contribution in [-0.2, 0) is 35.2 Å². The van der Waals surface area contributed by atoms with Crippen LogP contribution in [0, 0.1) is 54.4 Å². The Labute approximate surface area is 845 Å². The second kappa shape index (κ2) is 41.2. The summed E-state index contributed by atoms with van der Waals surface area (Å²) in [6, 6.07) is 50.7. The highest BCUT2D eigenvalue weighted by Crippen LogP contribution is 2.42. The molecular formula is C107H92N24O7S6. The van der Waals surface area contributed by atoms with Gasteiger partial charge in [-0.05, 0) is 112 Å². The van der Waals surface area contributed by atoms with Gasteiger partial charge in [-0.3, -0.25) is 28.8 Å². The van der Waals surface area contributed by atoms with E-state index in [1.807, 2.05) is 216 Å². The van der Waals surface area contributed by atoms with Gasteiger partial charge < -0.3 is 57.5 Å². The summed E-state index contributed by atoms with van der Waals surface area (Å²) in [7, 11) is 9.39. The molecule has 18 aromatic heterocycles. The van der Waals surface area contributed by atoms with E-state index < -0.39 is 0 Å². The largest absolute Gasteiger partial charge is 0.493 e. The van der Waals surface area contributed by atoms with E-state index in [0.29, 0.717) is 122 Å². The van der Waals surface area contributed by atoms with Gasteiger partial charge in [-0.2, -0.15) is 0 Å². The first-order chi connectivity index (χ1) is 69.6. The molecule has 0 fully saturated rings. The van der Waals surface area contributed by atoms with E-state index in [-0.39, 0.29) is 33.4 Å². The molecule has 18 heterocycles. The number of rotatable bonds is 15. The molecule has 0 unspecified atom stereocenters. The Morgan fingerprint density at radius 3 is 0.972 bits per heavy atom. The Morgan fingerprint density at radius 2 is 0.632 bits per heavy atom. The van der Waals surface area contributed by atoms with Gasteiger partial charge in [0.25, 0.3) is 33.4 Å². The molecule has 0 aliphatic rings. The van der Waals surface area contributed by atoms with Gasteiger partial charge in [0.2, 0.25) is 0 Å². The van der Waals surface area contributed by atoms with Gasteiger partial charge in [0.15, 0.2) is 64.1 Å². The third-order valence-electron chi connectivity index (χ3n) is 23.6. The minimum Gasteiger partial charge on any atom is -0.493 e. The SMILES string of the molecule is CC(C)COc1ccc(-c2csc3c(=O)[nH]c(-c4nccn4C)nc23)cc1.Cc1cccc(-c2c(C)sc3c(=O)[nH]c(-c4nccn4C)nc23)c1.Cc1cccc(-c2csc3c(=O)[nH]c(-c4ccncn4)nc23)c1.Cc1cccc(-c2csc3c(=O)[nH]c(-c4nccn4C)nc23)c1.Cc1cccc(-c2csc3c(=O)[nH]c(-c4nccn4C)nc23)c1.Cc1ccccc1-c1c(C)sc2c(=O)[nH]c(-c3nccn3C)nc12. The highest BCUT2D eigenvalue weighted by Gasteiger charge is 2.25. The molecule has 0 amide bonds. The summed E-state index contributed by atoms with van der Waals surface area (Å²) in [5.74, 6) is 7.41. The van der Waals surface area contributed by atoms with Crippen molar-refractivity contribution in [2.75, 3.05) is 6.61 Å². The minimum absolute atomic E-state index is 0.120. The average Bonchev–Trinajstić information content (AvgIpc) is 1.59. The van der Waals surface area contributed by atoms with Gasteiger partial charge in [0.1, 0.15) is 46.0 Å². The van der Waals surface area contributed by atoms with Crippen molar-refractivity contribution in [3.05, 3.63) is 347 Å². The summed E-state index contributed by atoms with van der Waals surface area (Å²) in [6.45, 7) is 19.3. The van der Waals surface area contributed by atoms with Crippen molar-refractivity contribution in [2.24, 2.45) is 41.2 Å². The molecule has 31 nitrogen and oxygen atoms in total. The molecule has 6 aromatic carbocycles. The molecular weight excluding hydrogens is 1930 g/mol. The smallest absolute Gasteiger partial charge is 0.269 e. The summed E-state index contributed by atoms with van der Waals surface area (Å²) in [5.41, 5.74) is 22.3. The average molecular weight is 2020 g/mol. The van der Waals surface area contributed by atoms with Crippen LogP contribution in [0.25, 0.3) is 198 Å². The third kappa shape index (κ3) is 20.0. The lowest BCUT2D eigenvalue weighted by Gasteiger charge is -2.09. The predicted octanol–water partition coefficient (Wildman–Crippen LogP) is 21.6. The zero-order valence-electron chi connectivity index (χ0n) is 80.3. The Hall–Kier alpha value is -16.7. The predicted molar refractivity (Wildman–Crippen MR) is 580 cm³/mol. The summed E-state index contributed by atoms with van der Waals surface area (Å²) in [6.07, 6.45) is 20.7. The maximum atomic E-state index is 12.6. The van der Waals surface area contributed by atoms with Crippen molar-refractivity contribution in [3.8, 4) is 142 Å². The maximum Gasteiger partial charge on any atom is 0.269 e. The van der Waals surface area contributed by atoms with Crippen LogP contribution in [0.4, 0.5) is 0 Å². The number of aromatic nitrogens is 24. The standard InChI is InChI=1S/C20H20N4O2S.2C18H16N4OS.2C17H14N4OS.C17H12N4OS/c1-12(2)10-26-14-6-4-13(5-7-14)15-11-27-17-16(15)22-18(23-20(17)25)19-21-8-9-24(19)3;1-10-5-4-6-12(9-10)13-11(2)24-15-14(13)20-16(21-18(15)23)17-19-7-8-22(17)3;1-10-6-4-5-7-12(10)13-11(2)24-15-14(13)20-16(21-18(15)23)17-19-8-9-22(17)3;2*1-10-4-3-5-11(8-10)12-9-23-14-13(12)19-15(20-17(14)22)16-18-6-7-21(16)2;1-10-3-2-4-11(7-10)12-8-23-15-14(12)20-16(21-17(15)22)13-5-6-18-9-19-13/h4-9,11-12H,10H2,1-3H3,(H,22,23,25);2*4-9H,1-3H3,(H,20,21,23);2*3-9H,1-2H3,(H,19,20,22);2-9H,1H3,(H,20,21,22). The molecule has 718 valence electrons. The zero-order valence-corrected chi connectivity index (χ0v) is 85.2. The number of thiophene rings is 6. The van der Waals surface area contributed by atoms with Crippen molar-refractivity contribution >= 4 is 129 Å². The molecule has 37 heteroatoms. The molecule has 6 N–H and O–H groups in total. The van der Waals surface area contributed by atoms with Crippen LogP contribution in [0.5, 0.6) is 5.75 Å². The van der Waals surface area contributed by atoms with Crippen LogP contribution >= 0.6 is 68.0 Å². The van der Waals surface area contributed by atoms with Crippen molar-refractivity contribution in [1.29, 1.82) is 0 Å². The molecule has 0 saturated heterocycles. The number of ether oxygens (including phenoxy) is 1. The summed E-state index contributed by atoms with van der Waals surface area (Å²) in [4.78, 5) is 152. The highest BCUT2D eigenvalue weighted by molar-refractivity contribution is 7.20. The van der Waals surface area contributed by atoms with Gasteiger partial charge >= 0.3 is 0 Å². The van der Waals surface area contributed by atoms with E-state index in [1.54, 1.807) is 43.2 Å². The van der Waals surface area contributed by atoms with Gasteiger partial charge in [-0.25, -0.2) is 64.8 Å². The molecule has 0 atom stereocenters. The zero-order chi connectivity index (χ0) is 100. The van der Waals surface area contributed by atoms with Crippen LogP contribution in [0.3, 0.4) is 0 Å².